The fourth-order valence-electron chi connectivity index (χ4n) is 1.89. The van der Waals surface area contributed by atoms with Crippen molar-refractivity contribution in [2.75, 3.05) is 0 Å². The van der Waals surface area contributed by atoms with Crippen LogP contribution in [0.1, 0.15) is 17.2 Å². The highest BCUT2D eigenvalue weighted by molar-refractivity contribution is 5.78. The lowest BCUT2D eigenvalue weighted by molar-refractivity contribution is -0.439. The van der Waals surface area contributed by atoms with Crippen LogP contribution in [0.5, 0.6) is 0 Å². The second-order valence-electron chi connectivity index (χ2n) is 4.65. The van der Waals surface area contributed by atoms with E-state index in [0.29, 0.717) is 24.3 Å². The van der Waals surface area contributed by atoms with Crippen molar-refractivity contribution < 1.29 is 53.8 Å². The van der Waals surface area contributed by atoms with Crippen LogP contribution in [0.25, 0.3) is 0 Å². The number of cyclic esters (lactones) is 1. The molecule has 0 N–H and O–H groups in total. The lowest BCUT2D eigenvalue weighted by atomic mass is 10.1. The maximum Gasteiger partial charge on any atom is 0.465 e. The van der Waals surface area contributed by atoms with Crippen molar-refractivity contribution in [1.82, 2.24) is 0 Å². The first-order chi connectivity index (χ1) is 10.7. The molecular weight excluding hydrogens is 363 g/mol. The van der Waals surface area contributed by atoms with Crippen LogP contribution in [0.4, 0.5) is 39.5 Å². The van der Waals surface area contributed by atoms with Crippen molar-refractivity contribution in [3.05, 3.63) is 35.4 Å². The predicted molar refractivity (Wildman–Crippen MR) is 56.2 cm³/mol. The molecule has 1 fully saturated rings. The van der Waals surface area contributed by atoms with Gasteiger partial charge < -0.3 is 9.47 Å². The monoisotopic (exact) mass is 368 g/mol. The van der Waals surface area contributed by atoms with E-state index in [9.17, 15) is 44.3 Å². The molecule has 12 heteroatoms. The van der Waals surface area contributed by atoms with Gasteiger partial charge in [-0.2, -0.15) is 39.5 Å². The second-order valence-corrected chi connectivity index (χ2v) is 4.65. The van der Waals surface area contributed by atoms with Gasteiger partial charge in [0.1, 0.15) is 0 Å². The number of esters is 1. The molecule has 0 aromatic heterocycles. The summed E-state index contributed by atoms with van der Waals surface area (Å²) in [6.07, 6.45) is -19.5. The summed E-state index contributed by atoms with van der Waals surface area (Å²) in [4.78, 5) is 11.4. The van der Waals surface area contributed by atoms with Gasteiger partial charge in [0.05, 0.1) is 5.56 Å². The molecule has 1 aromatic carbocycles. The molecule has 0 bridgehead atoms. The van der Waals surface area contributed by atoms with Crippen LogP contribution in [-0.4, -0.2) is 24.1 Å². The Labute approximate surface area is 126 Å². The Bertz CT molecular complexity index is 613. The zero-order valence-corrected chi connectivity index (χ0v) is 11.0. The van der Waals surface area contributed by atoms with Gasteiger partial charge >= 0.3 is 30.3 Å². The summed E-state index contributed by atoms with van der Waals surface area (Å²) in [6.45, 7) is 0. The molecule has 0 aliphatic carbocycles. The molecule has 0 radical (unpaired) electrons. The fourth-order valence-corrected chi connectivity index (χ4v) is 1.89. The number of ether oxygens (including phenoxy) is 2. The first-order valence-electron chi connectivity index (χ1n) is 5.90. The maximum atomic E-state index is 12.7. The maximum absolute atomic E-state index is 12.7. The number of carbonyl (C=O) groups excluding carboxylic acids is 1. The zero-order valence-electron chi connectivity index (χ0n) is 11.0. The number of rotatable bonds is 1. The highest BCUT2D eigenvalue weighted by Crippen LogP contribution is 2.53. The topological polar surface area (TPSA) is 35.5 Å². The van der Waals surface area contributed by atoms with Crippen molar-refractivity contribution in [3.8, 4) is 0 Å². The number of hydrogen-bond acceptors (Lipinski definition) is 3. The molecule has 0 spiro atoms. The molecule has 0 amide bonds. The van der Waals surface area contributed by atoms with E-state index >= 15 is 0 Å². The highest BCUT2D eigenvalue weighted by Gasteiger charge is 2.80. The summed E-state index contributed by atoms with van der Waals surface area (Å²) in [5.41, 5.74) is -1.86. The van der Waals surface area contributed by atoms with Gasteiger partial charge in [-0.25, -0.2) is 4.79 Å². The largest absolute Gasteiger partial charge is 0.465 e. The van der Waals surface area contributed by atoms with Gasteiger partial charge in [-0.3, -0.25) is 0 Å². The van der Waals surface area contributed by atoms with Gasteiger partial charge in [0.15, 0.2) is 6.10 Å². The SMILES string of the molecule is O=C1OC(C(F)(F)F)(C(F)(F)F)OC1c1ccc(C(F)(F)F)cc1. The van der Waals surface area contributed by atoms with Crippen LogP contribution in [0.15, 0.2) is 24.3 Å². The molecular formula is C12H5F9O3. The molecule has 3 nitrogen and oxygen atoms in total. The number of hydrogen-bond donors (Lipinski definition) is 0. The van der Waals surface area contributed by atoms with Gasteiger partial charge in [-0.05, 0) is 17.7 Å². The minimum absolute atomic E-state index is 0.382. The minimum atomic E-state index is -6.14. The Morgan fingerprint density at radius 3 is 1.62 bits per heavy atom. The Morgan fingerprint density at radius 1 is 0.833 bits per heavy atom. The van der Waals surface area contributed by atoms with Crippen LogP contribution < -0.4 is 0 Å². The lowest BCUT2D eigenvalue weighted by Crippen LogP contribution is -2.58. The van der Waals surface area contributed by atoms with Crippen LogP contribution in [-0.2, 0) is 20.4 Å². The van der Waals surface area contributed by atoms with Gasteiger partial charge in [0.2, 0.25) is 0 Å². The van der Waals surface area contributed by atoms with E-state index in [0.717, 1.165) is 0 Å². The Kier molecular flexibility index (Phi) is 4.02. The van der Waals surface area contributed by atoms with Gasteiger partial charge in [0.25, 0.3) is 0 Å². The summed E-state index contributed by atoms with van der Waals surface area (Å²) in [5.74, 6) is -7.20. The first kappa shape index (κ1) is 18.4. The summed E-state index contributed by atoms with van der Waals surface area (Å²) >= 11 is 0. The van der Waals surface area contributed by atoms with Crippen LogP contribution >= 0.6 is 0 Å². The molecule has 2 rings (SSSR count). The van der Waals surface area contributed by atoms with Crippen LogP contribution in [0.2, 0.25) is 0 Å². The van der Waals surface area contributed by atoms with Crippen LogP contribution in [0, 0.1) is 0 Å². The number of alkyl halides is 9. The van der Waals surface area contributed by atoms with E-state index in [2.05, 4.69) is 9.47 Å². The molecule has 1 aliphatic heterocycles. The van der Waals surface area contributed by atoms with Crippen molar-refractivity contribution in [2.45, 2.75) is 30.4 Å². The molecule has 0 saturated carbocycles. The third-order valence-corrected chi connectivity index (χ3v) is 3.03. The Balaban J connectivity index is 2.39. The van der Waals surface area contributed by atoms with Gasteiger partial charge in [-0.15, -0.1) is 0 Å². The summed E-state index contributed by atoms with van der Waals surface area (Å²) < 4.78 is 121. The molecule has 1 heterocycles. The van der Waals surface area contributed by atoms with Gasteiger partial charge in [0, 0.05) is 0 Å². The standard InChI is InChI=1S/C12H5F9O3/c13-9(14,15)6-3-1-5(2-4-6)7-8(22)24-10(23-7,11(16,17)18)12(19,20)21/h1-4,7H. The first-order valence-corrected chi connectivity index (χ1v) is 5.90. The van der Waals surface area contributed by atoms with E-state index in [4.69, 9.17) is 0 Å². The van der Waals surface area contributed by atoms with Crippen molar-refractivity contribution in [2.24, 2.45) is 0 Å². The van der Waals surface area contributed by atoms with E-state index in [1.54, 1.807) is 0 Å². The summed E-state index contributed by atoms with van der Waals surface area (Å²) in [5, 5.41) is 0. The fraction of sp³-hybridized carbons (Fsp3) is 0.417. The van der Waals surface area contributed by atoms with Crippen molar-refractivity contribution in [1.29, 1.82) is 0 Å². The molecule has 1 saturated heterocycles. The van der Waals surface area contributed by atoms with E-state index < -0.39 is 47.5 Å². The normalized spacial score (nSPS) is 21.7. The lowest BCUT2D eigenvalue weighted by Gasteiger charge is -2.30. The van der Waals surface area contributed by atoms with Crippen molar-refractivity contribution >= 4 is 5.97 Å². The molecule has 1 aliphatic rings. The highest BCUT2D eigenvalue weighted by atomic mass is 19.4. The third-order valence-electron chi connectivity index (χ3n) is 3.03. The molecule has 1 atom stereocenters. The van der Waals surface area contributed by atoms with Crippen LogP contribution in [0.3, 0.4) is 0 Å². The average molecular weight is 368 g/mol. The molecule has 134 valence electrons. The molecule has 24 heavy (non-hydrogen) atoms. The zero-order chi connectivity index (χ0) is 18.6. The number of benzene rings is 1. The second kappa shape index (κ2) is 5.26. The van der Waals surface area contributed by atoms with E-state index in [-0.39, 0.29) is 0 Å². The number of carbonyl (C=O) groups is 1. The van der Waals surface area contributed by atoms with Gasteiger partial charge in [-0.1, -0.05) is 12.1 Å². The minimum Gasteiger partial charge on any atom is -0.413 e. The quantitative estimate of drug-likeness (QED) is 0.552. The number of halogens is 9. The average Bonchev–Trinajstić information content (AvgIpc) is 2.76. The summed E-state index contributed by atoms with van der Waals surface area (Å²) in [6, 6.07) is 1.81. The third kappa shape index (κ3) is 2.89. The molecule has 1 aromatic rings. The Morgan fingerprint density at radius 2 is 1.29 bits per heavy atom. The Hall–Kier alpha value is -1.98. The molecule has 1 unspecified atom stereocenters. The predicted octanol–water partition coefficient (Wildman–Crippen LogP) is 4.14. The van der Waals surface area contributed by atoms with E-state index in [1.165, 1.54) is 0 Å². The van der Waals surface area contributed by atoms with Crippen molar-refractivity contribution in [3.63, 3.8) is 0 Å². The smallest absolute Gasteiger partial charge is 0.413 e. The summed E-state index contributed by atoms with van der Waals surface area (Å²) in [7, 11) is 0. The van der Waals surface area contributed by atoms with E-state index in [1.807, 2.05) is 0 Å².